The lowest BCUT2D eigenvalue weighted by Crippen LogP contribution is -2.41. The highest BCUT2D eigenvalue weighted by Crippen LogP contribution is 2.26. The van der Waals surface area contributed by atoms with Gasteiger partial charge in [-0.15, -0.1) is 0 Å². The predicted octanol–water partition coefficient (Wildman–Crippen LogP) is 0.592. The Kier molecular flexibility index (Phi) is 4.04. The van der Waals surface area contributed by atoms with Crippen LogP contribution in [0.4, 0.5) is 4.39 Å². The monoisotopic (exact) mass is 295 g/mol. The van der Waals surface area contributed by atoms with Crippen LogP contribution in [0.3, 0.4) is 0 Å². The molecule has 6 nitrogen and oxygen atoms in total. The van der Waals surface area contributed by atoms with Crippen LogP contribution in [-0.2, 0) is 9.53 Å². The van der Waals surface area contributed by atoms with E-state index in [-0.39, 0.29) is 17.7 Å². The van der Waals surface area contributed by atoms with Crippen LogP contribution in [0.15, 0.2) is 18.2 Å². The number of halogens is 1. The molecule has 0 spiro atoms. The molecule has 1 aliphatic rings. The minimum Gasteiger partial charge on any atom is -0.469 e. The van der Waals surface area contributed by atoms with Crippen LogP contribution < -0.4 is 0 Å². The topological polar surface area (TPSA) is 83.9 Å². The molecule has 0 saturated carbocycles. The Morgan fingerprint density at radius 1 is 1.38 bits per heavy atom. The van der Waals surface area contributed by atoms with Crippen molar-refractivity contribution in [2.24, 2.45) is 5.92 Å². The highest BCUT2D eigenvalue weighted by atomic mass is 19.1. The number of hydrogen-bond donors (Lipinski definition) is 1. The van der Waals surface area contributed by atoms with Crippen molar-refractivity contribution in [3.63, 3.8) is 0 Å². The maximum absolute atomic E-state index is 13.7. The zero-order valence-electron chi connectivity index (χ0n) is 11.5. The number of methoxy groups -OCH3 is 1. The molecular weight excluding hydrogens is 281 g/mol. The molecule has 1 heterocycles. The molecule has 2 amide bonds. The van der Waals surface area contributed by atoms with Crippen LogP contribution in [0.1, 0.15) is 27.6 Å². The molecule has 0 bridgehead atoms. The number of aliphatic hydroxyl groups excluding tert-OH is 1. The second-order valence-electron chi connectivity index (χ2n) is 4.75. The average Bonchev–Trinajstić information content (AvgIpc) is 2.68. The van der Waals surface area contributed by atoms with Crippen molar-refractivity contribution in [3.05, 3.63) is 35.1 Å². The van der Waals surface area contributed by atoms with Crippen molar-refractivity contribution >= 4 is 17.8 Å². The van der Waals surface area contributed by atoms with Gasteiger partial charge in [0.05, 0.1) is 24.3 Å². The third-order valence-electron chi connectivity index (χ3n) is 3.41. The van der Waals surface area contributed by atoms with Gasteiger partial charge in [0.25, 0.3) is 11.8 Å². The molecule has 112 valence electrons. The van der Waals surface area contributed by atoms with Gasteiger partial charge in [0.15, 0.2) is 0 Å². The van der Waals surface area contributed by atoms with E-state index < -0.39 is 35.6 Å². The summed E-state index contributed by atoms with van der Waals surface area (Å²) in [4.78, 5) is 36.6. The van der Waals surface area contributed by atoms with E-state index in [2.05, 4.69) is 4.74 Å². The Bertz CT molecular complexity index is 613. The smallest absolute Gasteiger partial charge is 0.313 e. The van der Waals surface area contributed by atoms with E-state index in [0.29, 0.717) is 0 Å². The summed E-state index contributed by atoms with van der Waals surface area (Å²) in [6, 6.07) is 3.75. The molecule has 0 radical (unpaired) electrons. The average molecular weight is 295 g/mol. The van der Waals surface area contributed by atoms with Crippen LogP contribution in [0.25, 0.3) is 0 Å². The number of fused-ring (bicyclic) bond motifs is 1. The van der Waals surface area contributed by atoms with E-state index in [1.165, 1.54) is 19.1 Å². The number of esters is 1. The minimum atomic E-state index is -1.12. The number of benzene rings is 1. The van der Waals surface area contributed by atoms with Gasteiger partial charge in [-0.3, -0.25) is 19.3 Å². The molecule has 21 heavy (non-hydrogen) atoms. The van der Waals surface area contributed by atoms with Crippen LogP contribution >= 0.6 is 0 Å². The highest BCUT2D eigenvalue weighted by Gasteiger charge is 2.41. The first-order valence-electron chi connectivity index (χ1n) is 6.29. The van der Waals surface area contributed by atoms with Gasteiger partial charge >= 0.3 is 5.97 Å². The molecule has 7 heteroatoms. The van der Waals surface area contributed by atoms with Crippen LogP contribution in [0, 0.1) is 11.7 Å². The molecule has 0 unspecified atom stereocenters. The number of nitrogens with zero attached hydrogens (tertiary/aromatic N) is 1. The second-order valence-corrected chi connectivity index (χ2v) is 4.75. The lowest BCUT2D eigenvalue weighted by Gasteiger charge is -2.22. The molecule has 0 aliphatic carbocycles. The normalized spacial score (nSPS) is 16.7. The van der Waals surface area contributed by atoms with Crippen LogP contribution in [-0.4, -0.2) is 47.5 Å². The van der Waals surface area contributed by atoms with Crippen molar-refractivity contribution in [1.29, 1.82) is 0 Å². The Morgan fingerprint density at radius 2 is 2.05 bits per heavy atom. The van der Waals surface area contributed by atoms with Crippen molar-refractivity contribution in [3.8, 4) is 0 Å². The third kappa shape index (κ3) is 2.52. The van der Waals surface area contributed by atoms with Crippen molar-refractivity contribution in [1.82, 2.24) is 4.90 Å². The summed E-state index contributed by atoms with van der Waals surface area (Å²) in [7, 11) is 1.14. The van der Waals surface area contributed by atoms with Gasteiger partial charge in [0.1, 0.15) is 11.7 Å². The molecule has 0 aromatic heterocycles. The molecule has 2 atom stereocenters. The maximum Gasteiger partial charge on any atom is 0.313 e. The molecule has 1 aliphatic heterocycles. The molecule has 2 rings (SSSR count). The summed E-state index contributed by atoms with van der Waals surface area (Å²) in [5.41, 5.74) is -0.356. The maximum atomic E-state index is 13.7. The summed E-state index contributed by atoms with van der Waals surface area (Å²) in [5, 5.41) is 9.59. The standard InChI is InChI=1S/C14H14FNO5/c1-7(17)9(14(20)21-2)6-16-12(18)8-4-3-5-10(15)11(8)13(16)19/h3-5,7,9,17H,6H2,1-2H3/t7-,9+/m1/s1. The summed E-state index contributed by atoms with van der Waals surface area (Å²) >= 11 is 0. The fourth-order valence-corrected chi connectivity index (χ4v) is 2.23. The van der Waals surface area contributed by atoms with E-state index in [4.69, 9.17) is 0 Å². The number of carbonyl (C=O) groups excluding carboxylic acids is 3. The lowest BCUT2D eigenvalue weighted by molar-refractivity contribution is -0.149. The second kappa shape index (κ2) is 5.61. The fourth-order valence-electron chi connectivity index (χ4n) is 2.23. The first-order chi connectivity index (χ1) is 9.88. The number of rotatable bonds is 4. The van der Waals surface area contributed by atoms with Crippen molar-refractivity contribution in [2.75, 3.05) is 13.7 Å². The number of aliphatic hydroxyl groups is 1. The van der Waals surface area contributed by atoms with Gasteiger partial charge in [-0.2, -0.15) is 0 Å². The number of amides is 2. The Hall–Kier alpha value is -2.28. The lowest BCUT2D eigenvalue weighted by atomic mass is 10.0. The van der Waals surface area contributed by atoms with E-state index in [1.807, 2.05) is 0 Å². The first-order valence-corrected chi connectivity index (χ1v) is 6.29. The van der Waals surface area contributed by atoms with Gasteiger partial charge in [0, 0.05) is 6.54 Å². The summed E-state index contributed by atoms with van der Waals surface area (Å²) in [6.45, 7) is 0.983. The van der Waals surface area contributed by atoms with E-state index in [9.17, 15) is 23.9 Å². The molecule has 1 aromatic rings. The summed E-state index contributed by atoms with van der Waals surface area (Å²) in [6.07, 6.45) is -1.12. The van der Waals surface area contributed by atoms with E-state index in [1.54, 1.807) is 0 Å². The van der Waals surface area contributed by atoms with Crippen molar-refractivity contribution < 1.29 is 28.6 Å². The van der Waals surface area contributed by atoms with Crippen LogP contribution in [0.5, 0.6) is 0 Å². The van der Waals surface area contributed by atoms with Gasteiger partial charge in [0.2, 0.25) is 0 Å². The quantitative estimate of drug-likeness (QED) is 0.649. The number of hydrogen-bond acceptors (Lipinski definition) is 5. The summed E-state index contributed by atoms with van der Waals surface area (Å²) in [5.74, 6) is -4.13. The Balaban J connectivity index is 2.31. The minimum absolute atomic E-state index is 0.0470. The molecular formula is C14H14FNO5. The highest BCUT2D eigenvalue weighted by molar-refractivity contribution is 6.21. The van der Waals surface area contributed by atoms with Gasteiger partial charge in [-0.05, 0) is 19.1 Å². The Labute approximate surface area is 120 Å². The molecule has 1 aromatic carbocycles. The predicted molar refractivity (Wildman–Crippen MR) is 69.0 cm³/mol. The van der Waals surface area contributed by atoms with E-state index >= 15 is 0 Å². The summed E-state index contributed by atoms with van der Waals surface area (Å²) < 4.78 is 18.2. The van der Waals surface area contributed by atoms with Gasteiger partial charge in [-0.25, -0.2) is 4.39 Å². The number of carbonyl (C=O) groups is 3. The molecule has 0 fully saturated rings. The number of imide groups is 1. The SMILES string of the molecule is COC(=O)[C@@H](CN1C(=O)c2cccc(F)c2C1=O)[C@@H](C)O. The van der Waals surface area contributed by atoms with Gasteiger partial charge in [-0.1, -0.05) is 6.07 Å². The van der Waals surface area contributed by atoms with Gasteiger partial charge < -0.3 is 9.84 Å². The van der Waals surface area contributed by atoms with Crippen molar-refractivity contribution in [2.45, 2.75) is 13.0 Å². The molecule has 0 saturated heterocycles. The third-order valence-corrected chi connectivity index (χ3v) is 3.41. The Morgan fingerprint density at radius 3 is 2.57 bits per heavy atom. The zero-order valence-corrected chi connectivity index (χ0v) is 11.5. The van der Waals surface area contributed by atoms with E-state index in [0.717, 1.165) is 18.1 Å². The number of ether oxygens (including phenoxy) is 1. The van der Waals surface area contributed by atoms with Crippen LogP contribution in [0.2, 0.25) is 0 Å². The largest absolute Gasteiger partial charge is 0.469 e. The fraction of sp³-hybridized carbons (Fsp3) is 0.357. The molecule has 1 N–H and O–H groups in total. The zero-order chi connectivity index (χ0) is 15.7. The first kappa shape index (κ1) is 15.1.